The van der Waals surface area contributed by atoms with E-state index in [1.54, 1.807) is 0 Å². The van der Waals surface area contributed by atoms with E-state index in [1.165, 1.54) is 25.7 Å². The van der Waals surface area contributed by atoms with Gasteiger partial charge < -0.3 is 16.3 Å². The van der Waals surface area contributed by atoms with Crippen LogP contribution in [-0.4, -0.2) is 23.1 Å². The van der Waals surface area contributed by atoms with Gasteiger partial charge in [0.2, 0.25) is 0 Å². The van der Waals surface area contributed by atoms with E-state index in [4.69, 9.17) is 10.9 Å². The first-order valence-corrected chi connectivity index (χ1v) is 7.19. The summed E-state index contributed by atoms with van der Waals surface area (Å²) >= 11 is 0. The largest absolute Gasteiger partial charge is 0.409 e. The lowest BCUT2D eigenvalue weighted by atomic mass is 9.75. The second kappa shape index (κ2) is 6.41. The Morgan fingerprint density at radius 3 is 2.50 bits per heavy atom. The molecular weight excluding hydrogens is 226 g/mol. The van der Waals surface area contributed by atoms with Gasteiger partial charge in [0.05, 0.1) is 0 Å². The third-order valence-electron chi connectivity index (χ3n) is 4.52. The second-order valence-electron chi connectivity index (χ2n) is 6.24. The lowest BCUT2D eigenvalue weighted by molar-refractivity contribution is 0.176. The molecule has 0 radical (unpaired) electrons. The molecular formula is C14H29N3O. The van der Waals surface area contributed by atoms with Gasteiger partial charge in [-0.05, 0) is 45.1 Å². The number of rotatable bonds is 8. The van der Waals surface area contributed by atoms with Gasteiger partial charge in [-0.1, -0.05) is 32.3 Å². The van der Waals surface area contributed by atoms with Crippen LogP contribution in [0.25, 0.3) is 0 Å². The van der Waals surface area contributed by atoms with Gasteiger partial charge in [-0.25, -0.2) is 0 Å². The van der Waals surface area contributed by atoms with Gasteiger partial charge in [0.1, 0.15) is 5.84 Å². The minimum atomic E-state index is -0.201. The number of nitrogens with zero attached hydrogens (tertiary/aromatic N) is 1. The molecule has 1 aliphatic rings. The molecule has 0 aromatic heterocycles. The van der Waals surface area contributed by atoms with Crippen molar-refractivity contribution >= 4 is 5.84 Å². The molecule has 0 amide bonds. The molecule has 0 saturated heterocycles. The molecule has 1 aliphatic carbocycles. The Kier molecular flexibility index (Phi) is 5.45. The summed E-state index contributed by atoms with van der Waals surface area (Å²) in [7, 11) is 0. The molecule has 0 spiro atoms. The Morgan fingerprint density at radius 1 is 1.39 bits per heavy atom. The molecule has 18 heavy (non-hydrogen) atoms. The average Bonchev–Trinajstić information content (AvgIpc) is 2.30. The summed E-state index contributed by atoms with van der Waals surface area (Å²) < 4.78 is 0. The zero-order valence-corrected chi connectivity index (χ0v) is 12.1. The number of hydrogen-bond acceptors (Lipinski definition) is 3. The molecule has 4 N–H and O–H groups in total. The fraction of sp³-hybridized carbons (Fsp3) is 0.929. The third kappa shape index (κ3) is 3.87. The summed E-state index contributed by atoms with van der Waals surface area (Å²) in [6.07, 6.45) is 8.50. The minimum Gasteiger partial charge on any atom is -0.409 e. The molecule has 4 heteroatoms. The molecule has 0 aromatic carbocycles. The molecule has 0 heterocycles. The Labute approximate surface area is 111 Å². The summed E-state index contributed by atoms with van der Waals surface area (Å²) in [5.41, 5.74) is 5.92. The Balaban J connectivity index is 2.15. The summed E-state index contributed by atoms with van der Waals surface area (Å²) in [6.45, 7) is 7.40. The first-order chi connectivity index (χ1) is 8.46. The topological polar surface area (TPSA) is 70.6 Å². The van der Waals surface area contributed by atoms with Crippen LogP contribution in [0.2, 0.25) is 0 Å². The highest BCUT2D eigenvalue weighted by atomic mass is 16.4. The lowest BCUT2D eigenvalue weighted by Gasteiger charge is -2.42. The van der Waals surface area contributed by atoms with E-state index in [-0.39, 0.29) is 5.41 Å². The number of hydrogen-bond donors (Lipinski definition) is 3. The molecule has 0 unspecified atom stereocenters. The zero-order valence-electron chi connectivity index (χ0n) is 12.1. The number of oxime groups is 1. The predicted molar refractivity (Wildman–Crippen MR) is 75.9 cm³/mol. The molecule has 0 atom stereocenters. The maximum atomic E-state index is 8.70. The lowest BCUT2D eigenvalue weighted by Crippen LogP contribution is -2.50. The van der Waals surface area contributed by atoms with Gasteiger partial charge in [0.25, 0.3) is 0 Å². The molecule has 1 rings (SSSR count). The molecule has 0 aromatic rings. The van der Waals surface area contributed by atoms with Gasteiger partial charge in [-0.15, -0.1) is 0 Å². The third-order valence-corrected chi connectivity index (χ3v) is 4.52. The van der Waals surface area contributed by atoms with Gasteiger partial charge in [0, 0.05) is 11.0 Å². The normalized spacial score (nSPS) is 19.6. The molecule has 0 bridgehead atoms. The van der Waals surface area contributed by atoms with Crippen LogP contribution in [-0.2, 0) is 0 Å². The van der Waals surface area contributed by atoms with Crippen LogP contribution in [0.5, 0.6) is 0 Å². The minimum absolute atomic E-state index is 0.201. The number of nitrogens with two attached hydrogens (primary N) is 1. The SMILES string of the molecule is CCC1(NCCCCC(C)(C)C(N)=NO)CCC1. The van der Waals surface area contributed by atoms with E-state index in [2.05, 4.69) is 17.4 Å². The predicted octanol–water partition coefficient (Wildman–Crippen LogP) is 2.85. The molecule has 106 valence electrons. The standard InChI is InChI=1S/C14H29N3O/c1-4-14(9-7-10-14)16-11-6-5-8-13(2,3)12(15)17-18/h16,18H,4-11H2,1-3H3,(H2,15,17). The zero-order chi connectivity index (χ0) is 13.6. The van der Waals surface area contributed by atoms with Crippen LogP contribution in [0.1, 0.15) is 65.7 Å². The highest BCUT2D eigenvalue weighted by Crippen LogP contribution is 2.34. The van der Waals surface area contributed by atoms with Crippen LogP contribution in [0.3, 0.4) is 0 Å². The number of amidine groups is 1. The first-order valence-electron chi connectivity index (χ1n) is 7.19. The van der Waals surface area contributed by atoms with E-state index in [1.807, 2.05) is 13.8 Å². The van der Waals surface area contributed by atoms with Crippen LogP contribution in [0.4, 0.5) is 0 Å². The summed E-state index contributed by atoms with van der Waals surface area (Å²) in [6, 6.07) is 0. The van der Waals surface area contributed by atoms with Gasteiger partial charge in [-0.3, -0.25) is 0 Å². The Bertz CT molecular complexity index is 277. The van der Waals surface area contributed by atoms with Crippen LogP contribution in [0.15, 0.2) is 5.16 Å². The maximum absolute atomic E-state index is 8.70. The van der Waals surface area contributed by atoms with Crippen LogP contribution >= 0.6 is 0 Å². The summed E-state index contributed by atoms with van der Waals surface area (Å²) in [5, 5.41) is 15.5. The van der Waals surface area contributed by atoms with Crippen molar-refractivity contribution in [3.63, 3.8) is 0 Å². The van der Waals surface area contributed by atoms with Gasteiger partial charge in [-0.2, -0.15) is 0 Å². The van der Waals surface area contributed by atoms with Crippen molar-refractivity contribution in [1.29, 1.82) is 0 Å². The van der Waals surface area contributed by atoms with E-state index in [9.17, 15) is 0 Å². The van der Waals surface area contributed by atoms with E-state index < -0.39 is 0 Å². The molecule has 0 aliphatic heterocycles. The van der Waals surface area contributed by atoms with Crippen molar-refractivity contribution in [3.8, 4) is 0 Å². The van der Waals surface area contributed by atoms with Crippen molar-refractivity contribution in [2.45, 2.75) is 71.3 Å². The highest BCUT2D eigenvalue weighted by molar-refractivity contribution is 5.85. The second-order valence-corrected chi connectivity index (χ2v) is 6.24. The fourth-order valence-corrected chi connectivity index (χ4v) is 2.57. The quantitative estimate of drug-likeness (QED) is 0.205. The molecule has 1 saturated carbocycles. The van der Waals surface area contributed by atoms with E-state index >= 15 is 0 Å². The van der Waals surface area contributed by atoms with Crippen molar-refractivity contribution < 1.29 is 5.21 Å². The van der Waals surface area contributed by atoms with Crippen molar-refractivity contribution in [3.05, 3.63) is 0 Å². The number of nitrogens with one attached hydrogen (secondary N) is 1. The van der Waals surface area contributed by atoms with Crippen LogP contribution < -0.4 is 11.1 Å². The fourth-order valence-electron chi connectivity index (χ4n) is 2.57. The van der Waals surface area contributed by atoms with Crippen molar-refractivity contribution in [2.24, 2.45) is 16.3 Å². The van der Waals surface area contributed by atoms with Gasteiger partial charge >= 0.3 is 0 Å². The highest BCUT2D eigenvalue weighted by Gasteiger charge is 2.33. The van der Waals surface area contributed by atoms with E-state index in [0.29, 0.717) is 11.4 Å². The molecule has 4 nitrogen and oxygen atoms in total. The smallest absolute Gasteiger partial charge is 0.144 e. The maximum Gasteiger partial charge on any atom is 0.144 e. The summed E-state index contributed by atoms with van der Waals surface area (Å²) in [4.78, 5) is 0. The monoisotopic (exact) mass is 255 g/mol. The van der Waals surface area contributed by atoms with E-state index in [0.717, 1.165) is 25.8 Å². The Morgan fingerprint density at radius 2 is 2.06 bits per heavy atom. The van der Waals surface area contributed by atoms with Crippen molar-refractivity contribution in [2.75, 3.05) is 6.54 Å². The number of unbranched alkanes of at least 4 members (excludes halogenated alkanes) is 1. The summed E-state index contributed by atoms with van der Waals surface area (Å²) in [5.74, 6) is 0.333. The first kappa shape index (κ1) is 15.3. The molecule has 1 fully saturated rings. The average molecular weight is 255 g/mol. The van der Waals surface area contributed by atoms with Gasteiger partial charge in [0.15, 0.2) is 0 Å². The van der Waals surface area contributed by atoms with Crippen LogP contribution in [0, 0.1) is 5.41 Å². The Hall–Kier alpha value is -0.770. The van der Waals surface area contributed by atoms with Crippen molar-refractivity contribution in [1.82, 2.24) is 5.32 Å².